The van der Waals surface area contributed by atoms with Crippen LogP contribution in [0.2, 0.25) is 0 Å². The third kappa shape index (κ3) is 5.48. The molecule has 0 aliphatic heterocycles. The molecule has 2 heteroatoms. The minimum Gasteiger partial charge on any atom is -0.392 e. The van der Waals surface area contributed by atoms with Crippen LogP contribution in [0.1, 0.15) is 71.6 Å². The zero-order valence-electron chi connectivity index (χ0n) is 12.6. The number of hydrogen-bond donors (Lipinski definition) is 1. The number of aliphatic hydroxyl groups is 1. The fourth-order valence-electron chi connectivity index (χ4n) is 2.98. The molecule has 0 bridgehead atoms. The highest BCUT2D eigenvalue weighted by molar-refractivity contribution is 5.84. The average molecular weight is 266 g/mol. The van der Waals surface area contributed by atoms with E-state index in [2.05, 4.69) is 26.0 Å². The molecule has 3 atom stereocenters. The molecule has 3 unspecified atom stereocenters. The maximum Gasteiger partial charge on any atom is 0.139 e. The van der Waals surface area contributed by atoms with Crippen molar-refractivity contribution >= 4 is 5.78 Å². The number of aliphatic hydroxyl groups excluding tert-OH is 1. The van der Waals surface area contributed by atoms with Gasteiger partial charge < -0.3 is 5.11 Å². The third-order valence-electron chi connectivity index (χ3n) is 4.17. The Kier molecular flexibility index (Phi) is 8.04. The first-order chi connectivity index (χ1) is 9.20. The fraction of sp³-hybridized carbons (Fsp3) is 0.824. The second kappa shape index (κ2) is 9.30. The first kappa shape index (κ1) is 16.4. The summed E-state index contributed by atoms with van der Waals surface area (Å²) < 4.78 is 0. The van der Waals surface area contributed by atoms with E-state index in [4.69, 9.17) is 0 Å². The summed E-state index contributed by atoms with van der Waals surface area (Å²) in [5.41, 5.74) is 0. The van der Waals surface area contributed by atoms with E-state index in [1.807, 2.05) is 0 Å². The summed E-state index contributed by atoms with van der Waals surface area (Å²) in [4.78, 5) is 12.0. The maximum atomic E-state index is 12.0. The van der Waals surface area contributed by atoms with Crippen molar-refractivity contribution in [2.75, 3.05) is 0 Å². The standard InChI is InChI=1S/C17H30O2/c1-3-5-7-8-10-12-15-14(11-9-6-4-2)16(18)13-17(15)19/h9,11,14-16,18H,3-8,10,12-13H2,1-2H3. The molecule has 0 aromatic rings. The van der Waals surface area contributed by atoms with Crippen LogP contribution >= 0.6 is 0 Å². The van der Waals surface area contributed by atoms with Crippen molar-refractivity contribution in [2.45, 2.75) is 77.7 Å². The molecule has 0 heterocycles. The van der Waals surface area contributed by atoms with Crippen LogP contribution in [0.15, 0.2) is 12.2 Å². The van der Waals surface area contributed by atoms with E-state index < -0.39 is 6.10 Å². The van der Waals surface area contributed by atoms with E-state index in [1.165, 1.54) is 25.7 Å². The first-order valence-corrected chi connectivity index (χ1v) is 8.08. The van der Waals surface area contributed by atoms with Crippen molar-refractivity contribution in [3.8, 4) is 0 Å². The molecule has 1 aliphatic rings. The number of carbonyl (C=O) groups is 1. The van der Waals surface area contributed by atoms with Crippen molar-refractivity contribution in [1.82, 2.24) is 0 Å². The highest BCUT2D eigenvalue weighted by Crippen LogP contribution is 2.34. The van der Waals surface area contributed by atoms with Gasteiger partial charge in [-0.15, -0.1) is 0 Å². The lowest BCUT2D eigenvalue weighted by atomic mass is 9.88. The van der Waals surface area contributed by atoms with Gasteiger partial charge in [0.1, 0.15) is 5.78 Å². The number of hydrogen-bond acceptors (Lipinski definition) is 2. The van der Waals surface area contributed by atoms with E-state index in [-0.39, 0.29) is 17.6 Å². The highest BCUT2D eigenvalue weighted by atomic mass is 16.3. The first-order valence-electron chi connectivity index (χ1n) is 8.08. The van der Waals surface area contributed by atoms with Gasteiger partial charge in [0.25, 0.3) is 0 Å². The Balaban J connectivity index is 2.40. The van der Waals surface area contributed by atoms with Gasteiger partial charge in [-0.2, -0.15) is 0 Å². The Morgan fingerprint density at radius 1 is 1.16 bits per heavy atom. The van der Waals surface area contributed by atoms with Crippen molar-refractivity contribution in [3.63, 3.8) is 0 Å². The van der Waals surface area contributed by atoms with Gasteiger partial charge in [-0.25, -0.2) is 0 Å². The lowest BCUT2D eigenvalue weighted by molar-refractivity contribution is -0.121. The van der Waals surface area contributed by atoms with E-state index in [1.54, 1.807) is 0 Å². The molecule has 0 radical (unpaired) electrons. The van der Waals surface area contributed by atoms with E-state index >= 15 is 0 Å². The topological polar surface area (TPSA) is 37.3 Å². The second-order valence-corrected chi connectivity index (χ2v) is 5.84. The molecule has 1 aliphatic carbocycles. The predicted molar refractivity (Wildman–Crippen MR) is 80.0 cm³/mol. The van der Waals surface area contributed by atoms with Gasteiger partial charge in [-0.1, -0.05) is 64.5 Å². The van der Waals surface area contributed by atoms with Crippen molar-refractivity contribution < 1.29 is 9.90 Å². The fourth-order valence-corrected chi connectivity index (χ4v) is 2.98. The Morgan fingerprint density at radius 2 is 1.89 bits per heavy atom. The number of Topliss-reactive ketones (excluding diaryl/α,β-unsaturated/α-hetero) is 1. The van der Waals surface area contributed by atoms with E-state index in [9.17, 15) is 9.90 Å². The summed E-state index contributed by atoms with van der Waals surface area (Å²) in [6, 6.07) is 0. The highest BCUT2D eigenvalue weighted by Gasteiger charge is 2.39. The largest absolute Gasteiger partial charge is 0.392 e. The number of allylic oxidation sites excluding steroid dienone is 1. The molecular weight excluding hydrogens is 236 g/mol. The molecule has 0 saturated heterocycles. The van der Waals surface area contributed by atoms with Gasteiger partial charge in [-0.05, 0) is 12.8 Å². The zero-order chi connectivity index (χ0) is 14.1. The van der Waals surface area contributed by atoms with Gasteiger partial charge in [0.15, 0.2) is 0 Å². The molecule has 1 N–H and O–H groups in total. The van der Waals surface area contributed by atoms with Crippen LogP contribution in [0.3, 0.4) is 0 Å². The third-order valence-corrected chi connectivity index (χ3v) is 4.17. The lowest BCUT2D eigenvalue weighted by Gasteiger charge is -2.17. The molecule has 2 nitrogen and oxygen atoms in total. The van der Waals surface area contributed by atoms with Gasteiger partial charge in [0.2, 0.25) is 0 Å². The van der Waals surface area contributed by atoms with Crippen molar-refractivity contribution in [2.24, 2.45) is 11.8 Å². The smallest absolute Gasteiger partial charge is 0.139 e. The van der Waals surface area contributed by atoms with Crippen LogP contribution in [0.5, 0.6) is 0 Å². The number of rotatable bonds is 9. The van der Waals surface area contributed by atoms with Crippen molar-refractivity contribution in [3.05, 3.63) is 12.2 Å². The predicted octanol–water partition coefficient (Wildman–Crippen LogP) is 4.27. The Bertz CT molecular complexity index is 283. The normalized spacial score (nSPS) is 27.5. The van der Waals surface area contributed by atoms with E-state index in [0.29, 0.717) is 6.42 Å². The molecule has 1 saturated carbocycles. The van der Waals surface area contributed by atoms with Crippen molar-refractivity contribution in [1.29, 1.82) is 0 Å². The molecule has 1 rings (SSSR count). The quantitative estimate of drug-likeness (QED) is 0.500. The summed E-state index contributed by atoms with van der Waals surface area (Å²) in [7, 11) is 0. The second-order valence-electron chi connectivity index (χ2n) is 5.84. The number of unbranched alkanes of at least 4 members (excludes halogenated alkanes) is 5. The minimum atomic E-state index is -0.443. The zero-order valence-corrected chi connectivity index (χ0v) is 12.6. The van der Waals surface area contributed by atoms with Crippen LogP contribution in [-0.4, -0.2) is 17.0 Å². The number of ketones is 1. The van der Waals surface area contributed by atoms with Gasteiger partial charge in [0, 0.05) is 18.3 Å². The molecule has 0 aromatic carbocycles. The summed E-state index contributed by atoms with van der Waals surface area (Å²) in [6.07, 6.45) is 13.4. The van der Waals surface area contributed by atoms with Crippen LogP contribution in [-0.2, 0) is 4.79 Å². The molecule has 0 aromatic heterocycles. The van der Waals surface area contributed by atoms with Gasteiger partial charge >= 0.3 is 0 Å². The van der Waals surface area contributed by atoms with Crippen LogP contribution in [0.4, 0.5) is 0 Å². The molecular formula is C17H30O2. The summed E-state index contributed by atoms with van der Waals surface area (Å²) >= 11 is 0. The summed E-state index contributed by atoms with van der Waals surface area (Å²) in [5, 5.41) is 10.00. The molecule has 19 heavy (non-hydrogen) atoms. The minimum absolute atomic E-state index is 0.0738. The van der Waals surface area contributed by atoms with Crippen LogP contribution < -0.4 is 0 Å². The molecule has 0 amide bonds. The molecule has 0 spiro atoms. The van der Waals surface area contributed by atoms with Crippen LogP contribution in [0, 0.1) is 11.8 Å². The Morgan fingerprint density at radius 3 is 2.58 bits per heavy atom. The lowest BCUT2D eigenvalue weighted by Crippen LogP contribution is -2.18. The molecule has 110 valence electrons. The summed E-state index contributed by atoms with van der Waals surface area (Å²) in [6.45, 7) is 4.36. The average Bonchev–Trinajstić information content (AvgIpc) is 2.65. The van der Waals surface area contributed by atoms with Crippen LogP contribution in [0.25, 0.3) is 0 Å². The Labute approximate surface area is 118 Å². The van der Waals surface area contributed by atoms with E-state index in [0.717, 1.165) is 25.7 Å². The molecule has 1 fully saturated rings. The maximum absolute atomic E-state index is 12.0. The summed E-state index contributed by atoms with van der Waals surface area (Å²) in [5.74, 6) is 0.420. The number of carbonyl (C=O) groups excluding carboxylic acids is 1. The SMILES string of the molecule is CCCC=CC1C(O)CC(=O)C1CCCCCCC. The Hall–Kier alpha value is -0.630. The monoisotopic (exact) mass is 266 g/mol. The van der Waals surface area contributed by atoms with Gasteiger partial charge in [0.05, 0.1) is 6.10 Å². The van der Waals surface area contributed by atoms with Gasteiger partial charge in [-0.3, -0.25) is 4.79 Å².